The van der Waals surface area contributed by atoms with Crippen LogP contribution < -0.4 is 5.73 Å². The molecular weight excluding hydrogens is 186 g/mol. The third-order valence-corrected chi connectivity index (χ3v) is 3.74. The molecule has 1 fully saturated rings. The minimum atomic E-state index is 0.659. The Morgan fingerprint density at radius 2 is 2.13 bits per heavy atom. The molecule has 1 saturated heterocycles. The standard InChI is InChI=1S/C12H27N3/c1-4-11(2)15-9-5-8-14(3)12(10-15)6-7-13/h11-12H,4-10,13H2,1-3H3. The fraction of sp³-hybridized carbons (Fsp3) is 1.00. The van der Waals surface area contributed by atoms with E-state index >= 15 is 0 Å². The van der Waals surface area contributed by atoms with Crippen LogP contribution >= 0.6 is 0 Å². The largest absolute Gasteiger partial charge is 0.330 e. The summed E-state index contributed by atoms with van der Waals surface area (Å²) in [6.07, 6.45) is 3.67. The predicted octanol–water partition coefficient (Wildman–Crippen LogP) is 1.14. The van der Waals surface area contributed by atoms with E-state index in [4.69, 9.17) is 5.73 Å². The van der Waals surface area contributed by atoms with Gasteiger partial charge in [-0.25, -0.2) is 0 Å². The van der Waals surface area contributed by atoms with E-state index < -0.39 is 0 Å². The molecule has 0 saturated carbocycles. The van der Waals surface area contributed by atoms with Crippen molar-refractivity contribution in [3.05, 3.63) is 0 Å². The Kier molecular flexibility index (Phi) is 5.58. The average molecular weight is 213 g/mol. The molecule has 3 nitrogen and oxygen atoms in total. The smallest absolute Gasteiger partial charge is 0.0232 e. The maximum absolute atomic E-state index is 5.68. The van der Waals surface area contributed by atoms with Crippen molar-refractivity contribution in [3.63, 3.8) is 0 Å². The van der Waals surface area contributed by atoms with E-state index in [0.717, 1.165) is 19.0 Å². The minimum Gasteiger partial charge on any atom is -0.330 e. The maximum atomic E-state index is 5.68. The number of likely N-dealkylation sites (N-methyl/N-ethyl adjacent to an activating group) is 1. The van der Waals surface area contributed by atoms with E-state index in [0.29, 0.717) is 6.04 Å². The van der Waals surface area contributed by atoms with Crippen molar-refractivity contribution < 1.29 is 0 Å². The Morgan fingerprint density at radius 3 is 2.73 bits per heavy atom. The molecule has 3 heteroatoms. The van der Waals surface area contributed by atoms with E-state index in [-0.39, 0.29) is 0 Å². The molecule has 1 rings (SSSR count). The zero-order valence-corrected chi connectivity index (χ0v) is 10.6. The third-order valence-electron chi connectivity index (χ3n) is 3.74. The lowest BCUT2D eigenvalue weighted by molar-refractivity contribution is 0.165. The number of hydrogen-bond donors (Lipinski definition) is 1. The summed E-state index contributed by atoms with van der Waals surface area (Å²) in [5.74, 6) is 0. The first-order valence-corrected chi connectivity index (χ1v) is 6.33. The molecule has 0 aromatic carbocycles. The van der Waals surface area contributed by atoms with Crippen LogP contribution in [0.3, 0.4) is 0 Å². The highest BCUT2D eigenvalue weighted by Gasteiger charge is 2.23. The van der Waals surface area contributed by atoms with Crippen molar-refractivity contribution in [1.82, 2.24) is 9.80 Å². The van der Waals surface area contributed by atoms with Gasteiger partial charge in [-0.2, -0.15) is 0 Å². The van der Waals surface area contributed by atoms with Crippen LogP contribution in [0.2, 0.25) is 0 Å². The van der Waals surface area contributed by atoms with Gasteiger partial charge >= 0.3 is 0 Å². The molecule has 90 valence electrons. The van der Waals surface area contributed by atoms with Crippen LogP contribution in [0.5, 0.6) is 0 Å². The number of nitrogens with two attached hydrogens (primary N) is 1. The Hall–Kier alpha value is -0.120. The van der Waals surface area contributed by atoms with Gasteiger partial charge in [0.2, 0.25) is 0 Å². The first-order valence-electron chi connectivity index (χ1n) is 6.33. The molecule has 0 bridgehead atoms. The molecule has 2 unspecified atom stereocenters. The van der Waals surface area contributed by atoms with Gasteiger partial charge in [-0.3, -0.25) is 4.90 Å². The first-order chi connectivity index (χ1) is 7.19. The monoisotopic (exact) mass is 213 g/mol. The summed E-state index contributed by atoms with van der Waals surface area (Å²) in [5, 5.41) is 0. The molecule has 15 heavy (non-hydrogen) atoms. The summed E-state index contributed by atoms with van der Waals surface area (Å²) in [4.78, 5) is 5.11. The second-order valence-corrected chi connectivity index (χ2v) is 4.82. The molecule has 2 atom stereocenters. The SMILES string of the molecule is CCC(C)N1CCCN(C)C(CCN)C1. The van der Waals surface area contributed by atoms with Gasteiger partial charge in [0, 0.05) is 18.6 Å². The third kappa shape index (κ3) is 3.74. The summed E-state index contributed by atoms with van der Waals surface area (Å²) in [7, 11) is 2.24. The summed E-state index contributed by atoms with van der Waals surface area (Å²) in [5.41, 5.74) is 5.68. The topological polar surface area (TPSA) is 32.5 Å². The van der Waals surface area contributed by atoms with E-state index in [1.54, 1.807) is 0 Å². The van der Waals surface area contributed by atoms with Gasteiger partial charge in [0.1, 0.15) is 0 Å². The zero-order chi connectivity index (χ0) is 11.3. The predicted molar refractivity (Wildman–Crippen MR) is 66.0 cm³/mol. The Labute approximate surface area is 94.6 Å². The molecule has 0 aromatic heterocycles. The molecular formula is C12H27N3. The molecule has 0 aromatic rings. The highest BCUT2D eigenvalue weighted by atomic mass is 15.2. The fourth-order valence-corrected chi connectivity index (χ4v) is 2.37. The summed E-state index contributed by atoms with van der Waals surface area (Å²) in [6.45, 7) is 9.09. The van der Waals surface area contributed by atoms with Gasteiger partial charge < -0.3 is 10.6 Å². The lowest BCUT2D eigenvalue weighted by atomic mass is 10.1. The van der Waals surface area contributed by atoms with Crippen LogP contribution in [0, 0.1) is 0 Å². The Bertz CT molecular complexity index is 172. The quantitative estimate of drug-likeness (QED) is 0.760. The van der Waals surface area contributed by atoms with Crippen molar-refractivity contribution in [3.8, 4) is 0 Å². The lowest BCUT2D eigenvalue weighted by Gasteiger charge is -2.31. The molecule has 0 amide bonds. The Morgan fingerprint density at radius 1 is 1.40 bits per heavy atom. The normalized spacial score (nSPS) is 27.6. The Balaban J connectivity index is 2.54. The van der Waals surface area contributed by atoms with Crippen molar-refractivity contribution in [2.24, 2.45) is 5.73 Å². The van der Waals surface area contributed by atoms with Crippen LogP contribution in [0.25, 0.3) is 0 Å². The average Bonchev–Trinajstić information content (AvgIpc) is 2.41. The summed E-state index contributed by atoms with van der Waals surface area (Å²) < 4.78 is 0. The molecule has 0 spiro atoms. The highest BCUT2D eigenvalue weighted by Crippen LogP contribution is 2.14. The number of nitrogens with zero attached hydrogens (tertiary/aromatic N) is 2. The first kappa shape index (κ1) is 12.9. The number of hydrogen-bond acceptors (Lipinski definition) is 3. The molecule has 1 aliphatic rings. The second kappa shape index (κ2) is 6.46. The lowest BCUT2D eigenvalue weighted by Crippen LogP contribution is -2.43. The fourth-order valence-electron chi connectivity index (χ4n) is 2.37. The van der Waals surface area contributed by atoms with E-state index in [1.165, 1.54) is 32.5 Å². The zero-order valence-electron chi connectivity index (χ0n) is 10.6. The second-order valence-electron chi connectivity index (χ2n) is 4.82. The molecule has 2 N–H and O–H groups in total. The summed E-state index contributed by atoms with van der Waals surface area (Å²) in [6, 6.07) is 1.38. The summed E-state index contributed by atoms with van der Waals surface area (Å²) >= 11 is 0. The van der Waals surface area contributed by atoms with Crippen molar-refractivity contribution in [1.29, 1.82) is 0 Å². The van der Waals surface area contributed by atoms with Gasteiger partial charge in [0.25, 0.3) is 0 Å². The van der Waals surface area contributed by atoms with Crippen molar-refractivity contribution >= 4 is 0 Å². The van der Waals surface area contributed by atoms with Crippen LogP contribution in [0.1, 0.15) is 33.1 Å². The van der Waals surface area contributed by atoms with Crippen molar-refractivity contribution in [2.45, 2.75) is 45.2 Å². The van der Waals surface area contributed by atoms with Crippen molar-refractivity contribution in [2.75, 3.05) is 33.2 Å². The van der Waals surface area contributed by atoms with Gasteiger partial charge in [-0.05, 0) is 52.9 Å². The maximum Gasteiger partial charge on any atom is 0.0232 e. The van der Waals surface area contributed by atoms with Crippen LogP contribution in [-0.2, 0) is 0 Å². The van der Waals surface area contributed by atoms with Gasteiger partial charge in [-0.1, -0.05) is 6.92 Å². The van der Waals surface area contributed by atoms with Crippen LogP contribution in [-0.4, -0.2) is 55.1 Å². The van der Waals surface area contributed by atoms with E-state index in [9.17, 15) is 0 Å². The molecule has 1 heterocycles. The van der Waals surface area contributed by atoms with E-state index in [2.05, 4.69) is 30.7 Å². The van der Waals surface area contributed by atoms with Gasteiger partial charge in [0.15, 0.2) is 0 Å². The highest BCUT2D eigenvalue weighted by molar-refractivity contribution is 4.80. The van der Waals surface area contributed by atoms with Crippen LogP contribution in [0.4, 0.5) is 0 Å². The minimum absolute atomic E-state index is 0.659. The molecule has 0 aliphatic carbocycles. The van der Waals surface area contributed by atoms with Gasteiger partial charge in [0.05, 0.1) is 0 Å². The molecule has 0 radical (unpaired) electrons. The molecule has 1 aliphatic heterocycles. The number of rotatable bonds is 4. The van der Waals surface area contributed by atoms with Gasteiger partial charge in [-0.15, -0.1) is 0 Å². The van der Waals surface area contributed by atoms with Crippen LogP contribution in [0.15, 0.2) is 0 Å². The van der Waals surface area contributed by atoms with E-state index in [1.807, 2.05) is 0 Å².